The molecular weight excluding hydrogens is 649 g/mol. The highest BCUT2D eigenvalue weighted by atomic mass is 19.1. The highest BCUT2D eigenvalue weighted by molar-refractivity contribution is 6.01. The molecule has 270 valence electrons. The summed E-state index contributed by atoms with van der Waals surface area (Å²) in [6.45, 7) is 0.619. The van der Waals surface area contributed by atoms with Gasteiger partial charge >= 0.3 is 12.1 Å². The largest absolute Gasteiger partial charge is 0.508 e. The highest BCUT2D eigenvalue weighted by Crippen LogP contribution is 2.69. The van der Waals surface area contributed by atoms with Gasteiger partial charge in [0, 0.05) is 23.2 Å². The Morgan fingerprint density at radius 1 is 1.06 bits per heavy atom. The number of esters is 1. The number of nitrogens with zero attached hydrogens (tertiary/aromatic N) is 2. The number of allylic oxidation sites excluding steroid dienone is 4. The van der Waals surface area contributed by atoms with E-state index in [-0.39, 0.29) is 31.5 Å². The molecule has 48 heavy (non-hydrogen) atoms. The normalized spacial score (nSPS) is 35.3. The van der Waals surface area contributed by atoms with Gasteiger partial charge in [0.05, 0.1) is 23.5 Å². The van der Waals surface area contributed by atoms with E-state index < -0.39 is 107 Å². The van der Waals surface area contributed by atoms with Gasteiger partial charge < -0.3 is 30.2 Å². The third-order valence-corrected chi connectivity index (χ3v) is 10.6. The second-order valence-electron chi connectivity index (χ2n) is 13.0. The summed E-state index contributed by atoms with van der Waals surface area (Å²) in [4.78, 5) is 58.5. The van der Waals surface area contributed by atoms with Gasteiger partial charge in [-0.2, -0.15) is 0 Å². The number of ketones is 2. The number of alkyl halides is 1. The van der Waals surface area contributed by atoms with E-state index in [1.165, 1.54) is 18.2 Å². The molecule has 0 heterocycles. The van der Waals surface area contributed by atoms with Gasteiger partial charge in [0.15, 0.2) is 18.1 Å². The third-order valence-electron chi connectivity index (χ3n) is 10.6. The molecule has 0 bridgehead atoms. The number of hydrogen-bond acceptors (Lipinski definition) is 18. The molecule has 0 aromatic heterocycles. The Labute approximate surface area is 273 Å². The third kappa shape index (κ3) is 7.03. The molecule has 4 aliphatic rings. The Bertz CT molecular complexity index is 1310. The molecule has 9 atom stereocenters. The fourth-order valence-corrected chi connectivity index (χ4v) is 8.03. The molecule has 5 unspecified atom stereocenters. The van der Waals surface area contributed by atoms with Crippen molar-refractivity contribution in [1.82, 2.24) is 10.8 Å². The number of fused-ring (bicyclic) bond motifs is 5. The Morgan fingerprint density at radius 3 is 2.44 bits per heavy atom. The smallest absolute Gasteiger partial charge is 0.456 e. The number of hydrogen-bond donors (Lipinski definition) is 7. The maximum atomic E-state index is 17.2. The Kier molecular flexibility index (Phi) is 11.4. The molecule has 0 aliphatic heterocycles. The molecule has 19 heteroatoms. The number of ether oxygens (including phenoxy) is 3. The molecule has 3 saturated carbocycles. The predicted molar refractivity (Wildman–Crippen MR) is 151 cm³/mol. The van der Waals surface area contributed by atoms with Crippen molar-refractivity contribution in [2.45, 2.75) is 81.9 Å². The summed E-state index contributed by atoms with van der Waals surface area (Å²) in [7, 11) is 0. The molecule has 4 rings (SSSR count). The van der Waals surface area contributed by atoms with Crippen LogP contribution in [0.15, 0.2) is 23.8 Å². The molecule has 0 spiro atoms. The van der Waals surface area contributed by atoms with E-state index in [2.05, 4.69) is 9.68 Å². The highest BCUT2D eigenvalue weighted by Gasteiger charge is 2.74. The summed E-state index contributed by atoms with van der Waals surface area (Å²) in [5, 5.41) is 56.4. The van der Waals surface area contributed by atoms with Gasteiger partial charge in [0.1, 0.15) is 31.0 Å². The van der Waals surface area contributed by atoms with Crippen LogP contribution in [0.2, 0.25) is 0 Å². The van der Waals surface area contributed by atoms with Crippen LogP contribution in [0.25, 0.3) is 0 Å². The average molecular weight is 692 g/mol. The van der Waals surface area contributed by atoms with E-state index in [9.17, 15) is 29.4 Å². The van der Waals surface area contributed by atoms with Crippen molar-refractivity contribution in [2.24, 2.45) is 28.4 Å². The van der Waals surface area contributed by atoms with E-state index in [1.807, 2.05) is 0 Å². The predicted octanol–water partition coefficient (Wildman–Crippen LogP) is 0.464. The summed E-state index contributed by atoms with van der Waals surface area (Å²) in [5.41, 5.74) is -0.361. The van der Waals surface area contributed by atoms with E-state index in [4.69, 9.17) is 40.8 Å². The van der Waals surface area contributed by atoms with Gasteiger partial charge in [0.25, 0.3) is 0 Å². The summed E-state index contributed by atoms with van der Waals surface area (Å²) in [6.07, 6.45) is 0.592. The number of nitrogens with two attached hydrogens (primary N) is 1. The summed E-state index contributed by atoms with van der Waals surface area (Å²) in [5.74, 6) is -3.46. The molecule has 18 nitrogen and oxygen atoms in total. The zero-order valence-corrected chi connectivity index (χ0v) is 26.4. The number of Topliss-reactive ketones (excluding diaryl/α,β-unsaturated/α-hetero) is 1. The maximum absolute atomic E-state index is 17.2. The Morgan fingerprint density at radius 2 is 1.77 bits per heavy atom. The lowest BCUT2D eigenvalue weighted by Crippen LogP contribution is -2.69. The second kappa shape index (κ2) is 14.5. The van der Waals surface area contributed by atoms with Crippen LogP contribution in [0, 0.1) is 22.7 Å². The first-order valence-corrected chi connectivity index (χ1v) is 15.3. The topological polar surface area (TPSA) is 268 Å². The van der Waals surface area contributed by atoms with Crippen LogP contribution in [-0.2, 0) is 38.3 Å². The van der Waals surface area contributed by atoms with Crippen LogP contribution in [0.5, 0.6) is 0 Å². The summed E-state index contributed by atoms with van der Waals surface area (Å²) < 4.78 is 31.7. The number of rotatable bonds is 14. The lowest BCUT2D eigenvalue weighted by molar-refractivity contribution is -0.527. The molecule has 8 N–H and O–H groups in total. The number of carbonyl (C=O) groups is 4. The number of carbonyl (C=O) groups excluding carboxylic acids is 4. The van der Waals surface area contributed by atoms with Crippen LogP contribution in [0.4, 0.5) is 9.18 Å². The maximum Gasteiger partial charge on any atom is 0.508 e. The van der Waals surface area contributed by atoms with Crippen molar-refractivity contribution in [1.29, 1.82) is 0 Å². The number of halogens is 1. The fourth-order valence-electron chi connectivity index (χ4n) is 8.03. The first kappa shape index (κ1) is 37.9. The van der Waals surface area contributed by atoms with Gasteiger partial charge in [-0.1, -0.05) is 18.6 Å². The molecule has 0 aromatic carbocycles. The van der Waals surface area contributed by atoms with Gasteiger partial charge in [0.2, 0.25) is 5.78 Å². The minimum atomic E-state index is -2.14. The van der Waals surface area contributed by atoms with Crippen LogP contribution < -0.4 is 5.73 Å². The Balaban J connectivity index is 1.29. The van der Waals surface area contributed by atoms with Crippen molar-refractivity contribution in [3.8, 4) is 0 Å². The van der Waals surface area contributed by atoms with Crippen molar-refractivity contribution in [3.63, 3.8) is 0 Å². The molecule has 0 saturated heterocycles. The summed E-state index contributed by atoms with van der Waals surface area (Å²) in [6, 6.07) is -1.56. The zero-order valence-electron chi connectivity index (χ0n) is 26.4. The van der Waals surface area contributed by atoms with Gasteiger partial charge in [-0.05, 0) is 57.1 Å². The number of aliphatic hydroxyl groups is 2. The molecule has 3 fully saturated rings. The first-order chi connectivity index (χ1) is 22.4. The fraction of sp³-hybridized carbons (Fsp3) is 0.724. The molecule has 0 aromatic rings. The Hall–Kier alpha value is -2.95. The zero-order chi connectivity index (χ0) is 35.7. The van der Waals surface area contributed by atoms with Gasteiger partial charge in [-0.3, -0.25) is 35.2 Å². The minimum absolute atomic E-state index is 0.0521. The molecule has 4 aliphatic carbocycles. The average Bonchev–Trinajstić information content (AvgIpc) is 3.28. The van der Waals surface area contributed by atoms with E-state index in [1.54, 1.807) is 13.8 Å². The van der Waals surface area contributed by atoms with E-state index in [0.29, 0.717) is 18.4 Å². The lowest BCUT2D eigenvalue weighted by atomic mass is 9.44. The monoisotopic (exact) mass is 691 g/mol. The quantitative estimate of drug-likeness (QED) is 0.0963. The van der Waals surface area contributed by atoms with Gasteiger partial charge in [-0.25, -0.2) is 18.9 Å². The van der Waals surface area contributed by atoms with Crippen molar-refractivity contribution >= 4 is 23.7 Å². The standard InChI is InChI=1S/C29H42FN3O15/c1-26-8-5-17(34)11-16(26)3-4-20-19-6-9-28(39,27(19,2)12-22(35)29(20,26)30)23(36)15-45-24(37)21(31)14-46-25(38)44-10-7-18(48-33(42)43)13-47-32(40)41/h5,8,11,18-22,35,39-43H,3-4,6-7,9-10,12-15,31H2,1-2H3/t18?,19?,20-,21?,22-,26-,27-,28?,29?/m0/s1. The van der Waals surface area contributed by atoms with Crippen LogP contribution in [0.3, 0.4) is 0 Å². The summed E-state index contributed by atoms with van der Waals surface area (Å²) >= 11 is 0. The van der Waals surface area contributed by atoms with E-state index in [0.717, 1.165) is 0 Å². The SMILES string of the molecule is C[C@]12C=CC(=O)C=C1CC[C@H]1C3CCC(O)(C(=O)COC(=O)C(N)COC(=O)OCCC(CON(O)O)ON(O)O)[C@@]3(C)C[C@H](O)C12F. The van der Waals surface area contributed by atoms with Gasteiger partial charge in [-0.15, -0.1) is 0 Å². The minimum Gasteiger partial charge on any atom is -0.456 e. The van der Waals surface area contributed by atoms with Crippen LogP contribution in [0.1, 0.15) is 52.4 Å². The molecular formula is C29H42FN3O15. The number of aliphatic hydroxyl groups excluding tert-OH is 1. The van der Waals surface area contributed by atoms with Crippen LogP contribution in [-0.4, -0.2) is 121 Å². The van der Waals surface area contributed by atoms with Crippen LogP contribution >= 0.6 is 0 Å². The molecule has 0 amide bonds. The second-order valence-corrected chi connectivity index (χ2v) is 13.0. The van der Waals surface area contributed by atoms with Crippen molar-refractivity contribution in [2.75, 3.05) is 26.4 Å². The molecule has 0 radical (unpaired) electrons. The first-order valence-electron chi connectivity index (χ1n) is 15.3. The van der Waals surface area contributed by atoms with Crippen molar-refractivity contribution < 1.29 is 78.5 Å². The lowest BCUT2D eigenvalue weighted by Gasteiger charge is -2.62. The van der Waals surface area contributed by atoms with Crippen molar-refractivity contribution in [3.05, 3.63) is 23.8 Å². The van der Waals surface area contributed by atoms with E-state index >= 15 is 4.39 Å².